The van der Waals surface area contributed by atoms with E-state index in [0.29, 0.717) is 17.1 Å². The normalized spacial score (nSPS) is 21.0. The number of piperidine rings is 1. The molecule has 142 valence electrons. The van der Waals surface area contributed by atoms with Crippen LogP contribution in [0.3, 0.4) is 0 Å². The predicted octanol–water partition coefficient (Wildman–Crippen LogP) is 4.20. The quantitative estimate of drug-likeness (QED) is 0.830. The fourth-order valence-electron chi connectivity index (χ4n) is 3.51. The van der Waals surface area contributed by atoms with Crippen LogP contribution in [0.1, 0.15) is 29.4 Å². The number of carbonyl (C=O) groups is 1. The summed E-state index contributed by atoms with van der Waals surface area (Å²) in [6.45, 7) is 1.57. The van der Waals surface area contributed by atoms with Crippen LogP contribution in [0.5, 0.6) is 0 Å². The standard InChI is InChI=1S/C20H24N4OS2/c25-18(16-6-2-10-24(14-16)20-21-8-3-9-22-20)23-17-7-1-5-15(13-17)19-26-11-4-12-27-19/h1,3,5,7-9,13,16,19H,2,4,6,10-12,14H2,(H,23,25)/t16-/m0/s1. The Labute approximate surface area is 168 Å². The molecular weight excluding hydrogens is 376 g/mol. The van der Waals surface area contributed by atoms with Crippen molar-refractivity contribution in [2.24, 2.45) is 5.92 Å². The minimum absolute atomic E-state index is 0.0374. The molecule has 0 unspecified atom stereocenters. The zero-order chi connectivity index (χ0) is 18.5. The van der Waals surface area contributed by atoms with Gasteiger partial charge in [-0.25, -0.2) is 9.97 Å². The van der Waals surface area contributed by atoms with Gasteiger partial charge in [0.1, 0.15) is 0 Å². The first-order valence-electron chi connectivity index (χ1n) is 9.45. The molecule has 2 aliphatic rings. The van der Waals surface area contributed by atoms with E-state index in [4.69, 9.17) is 0 Å². The van der Waals surface area contributed by atoms with Gasteiger partial charge >= 0.3 is 0 Å². The summed E-state index contributed by atoms with van der Waals surface area (Å²) in [5.41, 5.74) is 2.20. The average Bonchev–Trinajstić information content (AvgIpc) is 2.75. The highest BCUT2D eigenvalue weighted by molar-refractivity contribution is 8.16. The Kier molecular flexibility index (Phi) is 6.19. The van der Waals surface area contributed by atoms with Crippen molar-refractivity contribution in [3.8, 4) is 0 Å². The molecule has 0 saturated carbocycles. The first kappa shape index (κ1) is 18.6. The zero-order valence-electron chi connectivity index (χ0n) is 15.2. The summed E-state index contributed by atoms with van der Waals surface area (Å²) in [6.07, 6.45) is 6.66. The van der Waals surface area contributed by atoms with Crippen LogP contribution in [-0.2, 0) is 4.79 Å². The highest BCUT2D eigenvalue weighted by atomic mass is 32.2. The summed E-state index contributed by atoms with van der Waals surface area (Å²) in [5.74, 6) is 3.20. The Balaban J connectivity index is 1.40. The Hall–Kier alpha value is -1.73. The molecule has 0 bridgehead atoms. The largest absolute Gasteiger partial charge is 0.340 e. The lowest BCUT2D eigenvalue weighted by molar-refractivity contribution is -0.120. The molecule has 2 saturated heterocycles. The van der Waals surface area contributed by atoms with E-state index in [1.54, 1.807) is 12.4 Å². The van der Waals surface area contributed by atoms with Crippen molar-refractivity contribution in [1.82, 2.24) is 9.97 Å². The molecule has 1 atom stereocenters. The van der Waals surface area contributed by atoms with Crippen molar-refractivity contribution in [2.75, 3.05) is 34.8 Å². The molecule has 27 heavy (non-hydrogen) atoms. The van der Waals surface area contributed by atoms with Gasteiger partial charge in [0.2, 0.25) is 11.9 Å². The van der Waals surface area contributed by atoms with E-state index in [0.717, 1.165) is 25.1 Å². The Morgan fingerprint density at radius 3 is 2.74 bits per heavy atom. The first-order valence-corrected chi connectivity index (χ1v) is 11.6. The van der Waals surface area contributed by atoms with Crippen LogP contribution in [-0.4, -0.2) is 40.5 Å². The number of thioether (sulfide) groups is 2. The van der Waals surface area contributed by atoms with Crippen molar-refractivity contribution in [2.45, 2.75) is 23.8 Å². The molecule has 1 N–H and O–H groups in total. The maximum atomic E-state index is 12.8. The average molecular weight is 401 g/mol. The summed E-state index contributed by atoms with van der Waals surface area (Å²) in [4.78, 5) is 23.6. The topological polar surface area (TPSA) is 58.1 Å². The number of amides is 1. The minimum Gasteiger partial charge on any atom is -0.340 e. The number of hydrogen-bond donors (Lipinski definition) is 1. The molecule has 0 spiro atoms. The maximum Gasteiger partial charge on any atom is 0.229 e. The van der Waals surface area contributed by atoms with Crippen molar-refractivity contribution < 1.29 is 4.79 Å². The van der Waals surface area contributed by atoms with E-state index in [2.05, 4.69) is 32.3 Å². The summed E-state index contributed by atoms with van der Waals surface area (Å²) < 4.78 is 0.482. The van der Waals surface area contributed by atoms with E-state index in [-0.39, 0.29) is 11.8 Å². The number of nitrogens with zero attached hydrogens (tertiary/aromatic N) is 3. The van der Waals surface area contributed by atoms with Gasteiger partial charge in [0, 0.05) is 31.2 Å². The van der Waals surface area contributed by atoms with Crippen LogP contribution in [0.15, 0.2) is 42.7 Å². The third-order valence-electron chi connectivity index (χ3n) is 4.88. The number of nitrogens with one attached hydrogen (secondary N) is 1. The lowest BCUT2D eigenvalue weighted by atomic mass is 9.97. The van der Waals surface area contributed by atoms with Crippen LogP contribution in [0.4, 0.5) is 11.6 Å². The fourth-order valence-corrected chi connectivity index (χ4v) is 6.39. The van der Waals surface area contributed by atoms with Crippen LogP contribution in [0, 0.1) is 5.92 Å². The first-order chi connectivity index (χ1) is 13.3. The number of anilines is 2. The lowest BCUT2D eigenvalue weighted by Gasteiger charge is -2.32. The second kappa shape index (κ2) is 8.97. The van der Waals surface area contributed by atoms with E-state index >= 15 is 0 Å². The molecule has 1 amide bonds. The SMILES string of the molecule is O=C(Nc1cccc(C2SCCCS2)c1)[C@H]1CCCN(c2ncccn2)C1. The highest BCUT2D eigenvalue weighted by Gasteiger charge is 2.27. The summed E-state index contributed by atoms with van der Waals surface area (Å²) >= 11 is 4.00. The van der Waals surface area contributed by atoms with E-state index < -0.39 is 0 Å². The molecule has 2 fully saturated rings. The fraction of sp³-hybridized carbons (Fsp3) is 0.450. The third kappa shape index (κ3) is 4.76. The van der Waals surface area contributed by atoms with Gasteiger partial charge in [-0.15, -0.1) is 23.5 Å². The molecule has 5 nitrogen and oxygen atoms in total. The van der Waals surface area contributed by atoms with Gasteiger partial charge in [-0.05, 0) is 54.5 Å². The number of rotatable bonds is 4. The van der Waals surface area contributed by atoms with Gasteiger partial charge in [0.15, 0.2) is 0 Å². The zero-order valence-corrected chi connectivity index (χ0v) is 16.8. The van der Waals surface area contributed by atoms with Crippen molar-refractivity contribution in [3.05, 3.63) is 48.3 Å². The maximum absolute atomic E-state index is 12.8. The summed E-state index contributed by atoms with van der Waals surface area (Å²) in [6, 6.07) is 10.1. The van der Waals surface area contributed by atoms with Gasteiger partial charge < -0.3 is 10.2 Å². The van der Waals surface area contributed by atoms with E-state index in [1.165, 1.54) is 23.5 Å². The Morgan fingerprint density at radius 1 is 1.11 bits per heavy atom. The number of benzene rings is 1. The third-order valence-corrected chi connectivity index (χ3v) is 7.90. The molecule has 7 heteroatoms. The van der Waals surface area contributed by atoms with E-state index in [1.807, 2.05) is 41.7 Å². The van der Waals surface area contributed by atoms with Crippen LogP contribution < -0.4 is 10.2 Å². The van der Waals surface area contributed by atoms with Crippen LogP contribution in [0.2, 0.25) is 0 Å². The van der Waals surface area contributed by atoms with Crippen LogP contribution >= 0.6 is 23.5 Å². The monoisotopic (exact) mass is 400 g/mol. The molecular formula is C20H24N4OS2. The minimum atomic E-state index is -0.0374. The molecule has 3 heterocycles. The molecule has 2 aromatic rings. The number of hydrogen-bond acceptors (Lipinski definition) is 6. The summed E-state index contributed by atoms with van der Waals surface area (Å²) in [5, 5.41) is 3.14. The molecule has 2 aliphatic heterocycles. The van der Waals surface area contributed by atoms with Crippen molar-refractivity contribution in [3.63, 3.8) is 0 Å². The predicted molar refractivity (Wildman–Crippen MR) is 114 cm³/mol. The lowest BCUT2D eigenvalue weighted by Crippen LogP contribution is -2.41. The molecule has 1 aromatic carbocycles. The van der Waals surface area contributed by atoms with Gasteiger partial charge in [0.25, 0.3) is 0 Å². The smallest absolute Gasteiger partial charge is 0.229 e. The number of aromatic nitrogens is 2. The van der Waals surface area contributed by atoms with Gasteiger partial charge in [-0.2, -0.15) is 0 Å². The van der Waals surface area contributed by atoms with Gasteiger partial charge in [-0.3, -0.25) is 4.79 Å². The molecule has 4 rings (SSSR count). The summed E-state index contributed by atoms with van der Waals surface area (Å²) in [7, 11) is 0. The van der Waals surface area contributed by atoms with Gasteiger partial charge in [-0.1, -0.05) is 12.1 Å². The van der Waals surface area contributed by atoms with Crippen molar-refractivity contribution in [1.29, 1.82) is 0 Å². The van der Waals surface area contributed by atoms with Crippen molar-refractivity contribution >= 4 is 41.1 Å². The highest BCUT2D eigenvalue weighted by Crippen LogP contribution is 2.44. The molecule has 1 aromatic heterocycles. The second-order valence-electron chi connectivity index (χ2n) is 6.88. The van der Waals surface area contributed by atoms with Crippen LogP contribution in [0.25, 0.3) is 0 Å². The second-order valence-corrected chi connectivity index (χ2v) is 9.60. The Morgan fingerprint density at radius 2 is 1.93 bits per heavy atom. The Bertz CT molecular complexity index is 768. The molecule has 0 aliphatic carbocycles. The molecule has 0 radical (unpaired) electrons. The van der Waals surface area contributed by atoms with E-state index in [9.17, 15) is 4.79 Å². The van der Waals surface area contributed by atoms with Gasteiger partial charge in [0.05, 0.1) is 10.5 Å². The number of carbonyl (C=O) groups excluding carboxylic acids is 1.